The zero-order chi connectivity index (χ0) is 8.15. The van der Waals surface area contributed by atoms with E-state index in [0.29, 0.717) is 5.76 Å². The van der Waals surface area contributed by atoms with Crippen LogP contribution in [0.15, 0.2) is 16.6 Å². The molecule has 0 amide bonds. The Morgan fingerprint density at radius 3 is 2.30 bits per heavy atom. The van der Waals surface area contributed by atoms with Gasteiger partial charge in [-0.2, -0.15) is 4.99 Å². The molecule has 0 aromatic carbocycles. The largest absolute Gasteiger partial charge is 0.498 e. The molecule has 0 aromatic heterocycles. The van der Waals surface area contributed by atoms with Crippen LogP contribution in [0, 0.1) is 0 Å². The predicted molar refractivity (Wildman–Crippen MR) is 41.4 cm³/mol. The highest BCUT2D eigenvalue weighted by molar-refractivity contribution is 6.64. The van der Waals surface area contributed by atoms with Crippen LogP contribution in [0.3, 0.4) is 0 Å². The van der Waals surface area contributed by atoms with Crippen LogP contribution < -0.4 is 11.5 Å². The Bertz CT molecular complexity index is 172. The van der Waals surface area contributed by atoms with E-state index < -0.39 is 0 Å². The van der Waals surface area contributed by atoms with E-state index in [1.807, 2.05) is 0 Å². The van der Waals surface area contributed by atoms with E-state index in [0.717, 1.165) is 0 Å². The summed E-state index contributed by atoms with van der Waals surface area (Å²) in [6.07, 6.45) is 0. The summed E-state index contributed by atoms with van der Waals surface area (Å²) in [5.74, 6) is 0.679. The van der Waals surface area contributed by atoms with Crippen molar-refractivity contribution in [3.63, 3.8) is 0 Å². The molecule has 0 rings (SSSR count). The normalized spacial score (nSPS) is 14.5. The van der Waals surface area contributed by atoms with E-state index in [1.165, 1.54) is 7.11 Å². The van der Waals surface area contributed by atoms with Crippen LogP contribution in [0.4, 0.5) is 0 Å². The van der Waals surface area contributed by atoms with Crippen molar-refractivity contribution in [3.8, 4) is 0 Å². The summed E-state index contributed by atoms with van der Waals surface area (Å²) in [5.41, 5.74) is 10.4. The fourth-order valence-corrected chi connectivity index (χ4v) is 0.389. The lowest BCUT2D eigenvalue weighted by molar-refractivity contribution is 0.288. The third-order valence-corrected chi connectivity index (χ3v) is 0.979. The van der Waals surface area contributed by atoms with Gasteiger partial charge in [-0.15, -0.1) is 0 Å². The van der Waals surface area contributed by atoms with Crippen LogP contribution in [0.5, 0.6) is 0 Å². The Morgan fingerprint density at radius 1 is 1.50 bits per heavy atom. The predicted octanol–water partition coefficient (Wildman–Crippen LogP) is 0.334. The summed E-state index contributed by atoms with van der Waals surface area (Å²) in [4.78, 5) is 3.54. The van der Waals surface area contributed by atoms with Gasteiger partial charge in [0.05, 0.1) is 7.11 Å². The molecule has 0 spiro atoms. The second-order valence-electron chi connectivity index (χ2n) is 1.58. The number of rotatable bonds is 2. The fraction of sp³-hybridized carbons (Fsp3) is 0.400. The topological polar surface area (TPSA) is 73.6 Å². The van der Waals surface area contributed by atoms with Gasteiger partial charge in [-0.25, -0.2) is 0 Å². The van der Waals surface area contributed by atoms with E-state index >= 15 is 0 Å². The summed E-state index contributed by atoms with van der Waals surface area (Å²) < 4.78 is 4.75. The molecular weight excluding hydrogens is 154 g/mol. The van der Waals surface area contributed by atoms with Crippen LogP contribution in [0.2, 0.25) is 0 Å². The van der Waals surface area contributed by atoms with Crippen molar-refractivity contribution in [1.29, 1.82) is 0 Å². The average molecular weight is 164 g/mol. The van der Waals surface area contributed by atoms with Crippen molar-refractivity contribution in [3.05, 3.63) is 11.6 Å². The summed E-state index contributed by atoms with van der Waals surface area (Å²) >= 11 is 5.23. The van der Waals surface area contributed by atoms with Gasteiger partial charge in [0, 0.05) is 0 Å². The Morgan fingerprint density at radius 2 is 2.00 bits per heavy atom. The number of allylic oxidation sites excluding steroid dienone is 1. The molecule has 0 saturated carbocycles. The summed E-state index contributed by atoms with van der Waals surface area (Å²) in [7, 11) is 1.49. The van der Waals surface area contributed by atoms with Crippen molar-refractivity contribution in [2.45, 2.75) is 6.92 Å². The third kappa shape index (κ3) is 3.19. The lowest BCUT2D eigenvalue weighted by atomic mass is 10.5. The second-order valence-corrected chi connectivity index (χ2v) is 1.97. The first-order valence-corrected chi connectivity index (χ1v) is 2.95. The van der Waals surface area contributed by atoms with Gasteiger partial charge in [0.15, 0.2) is 11.1 Å². The van der Waals surface area contributed by atoms with Gasteiger partial charge in [0.2, 0.25) is 0 Å². The lowest BCUT2D eigenvalue weighted by Gasteiger charge is -1.99. The number of amidine groups is 1. The second kappa shape index (κ2) is 4.00. The van der Waals surface area contributed by atoms with Crippen LogP contribution >= 0.6 is 11.6 Å². The van der Waals surface area contributed by atoms with Crippen molar-refractivity contribution in [1.82, 2.24) is 0 Å². The van der Waals surface area contributed by atoms with Crippen molar-refractivity contribution in [2.24, 2.45) is 16.5 Å². The Balaban J connectivity index is 4.33. The number of methoxy groups -OCH3 is 1. The highest BCUT2D eigenvalue weighted by atomic mass is 35.5. The fourth-order valence-electron chi connectivity index (χ4n) is 0.298. The third-order valence-electron chi connectivity index (χ3n) is 0.894. The molecule has 0 radical (unpaired) electrons. The summed E-state index contributed by atoms with van der Waals surface area (Å²) in [6.45, 7) is 1.67. The molecule has 4 N–H and O–H groups in total. The molecule has 10 heavy (non-hydrogen) atoms. The minimum absolute atomic E-state index is 0.103. The molecule has 0 aliphatic carbocycles. The first-order chi connectivity index (χ1) is 4.57. The SMILES string of the molecule is CO/C(C)=C(N)/N=C(\N)Cl. The number of hydrogen-bond acceptors (Lipinski definition) is 3. The van der Waals surface area contributed by atoms with Crippen LogP contribution in [0.1, 0.15) is 6.92 Å². The molecular formula is C5H10ClN3O. The number of nitrogens with two attached hydrogens (primary N) is 2. The van der Waals surface area contributed by atoms with E-state index in [4.69, 9.17) is 27.8 Å². The molecule has 0 saturated heterocycles. The maximum absolute atomic E-state index is 5.33. The molecule has 0 unspecified atom stereocenters. The highest BCUT2D eigenvalue weighted by Crippen LogP contribution is 1.99. The highest BCUT2D eigenvalue weighted by Gasteiger charge is 1.94. The Hall–Kier alpha value is -0.900. The maximum Gasteiger partial charge on any atom is 0.195 e. The molecule has 5 heteroatoms. The Labute approximate surface area is 64.5 Å². The number of aliphatic imine (C=N–C) groups is 1. The molecule has 0 fully saturated rings. The quantitative estimate of drug-likeness (QED) is 0.267. The van der Waals surface area contributed by atoms with Crippen LogP contribution in [-0.2, 0) is 4.74 Å². The first kappa shape index (κ1) is 9.10. The van der Waals surface area contributed by atoms with Crippen molar-refractivity contribution in [2.75, 3.05) is 7.11 Å². The van der Waals surface area contributed by atoms with E-state index in [9.17, 15) is 0 Å². The first-order valence-electron chi connectivity index (χ1n) is 2.58. The standard InChI is InChI=1S/C5H10ClN3O/c1-3(10-2)4(7)9-5(6)8/h7H2,1-2H3,(H2,8,9)/b4-3+. The minimum atomic E-state index is -0.103. The van der Waals surface area contributed by atoms with Gasteiger partial charge < -0.3 is 16.2 Å². The number of nitrogens with zero attached hydrogens (tertiary/aromatic N) is 1. The van der Waals surface area contributed by atoms with Gasteiger partial charge in [0.1, 0.15) is 5.76 Å². The average Bonchev–Trinajstić information content (AvgIpc) is 1.85. The van der Waals surface area contributed by atoms with Gasteiger partial charge in [0.25, 0.3) is 0 Å². The monoisotopic (exact) mass is 163 g/mol. The summed E-state index contributed by atoms with van der Waals surface area (Å²) in [5, 5.41) is -0.103. The molecule has 4 nitrogen and oxygen atoms in total. The lowest BCUT2D eigenvalue weighted by Crippen LogP contribution is -2.07. The summed E-state index contributed by atoms with van der Waals surface area (Å²) in [6, 6.07) is 0. The zero-order valence-electron chi connectivity index (χ0n) is 5.89. The molecule has 0 bridgehead atoms. The van der Waals surface area contributed by atoms with Crippen LogP contribution in [0.25, 0.3) is 0 Å². The molecule has 58 valence electrons. The molecule has 0 heterocycles. The minimum Gasteiger partial charge on any atom is -0.498 e. The molecule has 0 aromatic rings. The van der Waals surface area contributed by atoms with Crippen molar-refractivity contribution < 1.29 is 4.74 Å². The zero-order valence-corrected chi connectivity index (χ0v) is 6.64. The number of ether oxygens (including phenoxy) is 1. The van der Waals surface area contributed by atoms with Gasteiger partial charge >= 0.3 is 0 Å². The number of halogens is 1. The van der Waals surface area contributed by atoms with Crippen molar-refractivity contribution >= 4 is 16.9 Å². The molecule has 0 atom stereocenters. The maximum atomic E-state index is 5.33. The van der Waals surface area contributed by atoms with Gasteiger partial charge in [-0.3, -0.25) is 0 Å². The van der Waals surface area contributed by atoms with E-state index in [-0.39, 0.29) is 11.1 Å². The smallest absolute Gasteiger partial charge is 0.195 e. The Kier molecular flexibility index (Phi) is 3.64. The number of hydrogen-bond donors (Lipinski definition) is 2. The van der Waals surface area contributed by atoms with Crippen LogP contribution in [-0.4, -0.2) is 12.4 Å². The van der Waals surface area contributed by atoms with E-state index in [1.54, 1.807) is 6.92 Å². The molecule has 0 aliphatic rings. The van der Waals surface area contributed by atoms with Gasteiger partial charge in [-0.05, 0) is 18.5 Å². The van der Waals surface area contributed by atoms with E-state index in [2.05, 4.69) is 4.99 Å². The van der Waals surface area contributed by atoms with Gasteiger partial charge in [-0.1, -0.05) is 0 Å². The molecule has 0 aliphatic heterocycles.